The van der Waals surface area contributed by atoms with Gasteiger partial charge in [-0.3, -0.25) is 0 Å². The van der Waals surface area contributed by atoms with Crippen LogP contribution in [0.2, 0.25) is 5.02 Å². The van der Waals surface area contributed by atoms with Gasteiger partial charge < -0.3 is 15.4 Å². The number of rotatable bonds is 2. The summed E-state index contributed by atoms with van der Waals surface area (Å²) in [6, 6.07) is 4.33. The summed E-state index contributed by atoms with van der Waals surface area (Å²) in [5, 5.41) is 0.653. The fourth-order valence-electron chi connectivity index (χ4n) is 2.06. The number of anilines is 1. The molecule has 0 aromatic heterocycles. The maximum atomic E-state index is 6.08. The SMILES string of the molecule is COc1cc2c(cc1Cl)N(C)C(CN)C2. The van der Waals surface area contributed by atoms with E-state index < -0.39 is 0 Å². The molecule has 2 N–H and O–H groups in total. The molecule has 1 heterocycles. The lowest BCUT2D eigenvalue weighted by atomic mass is 10.1. The molecule has 1 unspecified atom stereocenters. The van der Waals surface area contributed by atoms with Crippen LogP contribution in [0.25, 0.3) is 0 Å². The van der Waals surface area contributed by atoms with E-state index in [0.29, 0.717) is 17.6 Å². The number of hydrogen-bond acceptors (Lipinski definition) is 3. The number of nitrogens with two attached hydrogens (primary N) is 1. The summed E-state index contributed by atoms with van der Waals surface area (Å²) in [7, 11) is 3.68. The molecule has 4 heteroatoms. The zero-order valence-electron chi connectivity index (χ0n) is 8.96. The minimum absolute atomic E-state index is 0.378. The van der Waals surface area contributed by atoms with E-state index in [1.165, 1.54) is 5.56 Å². The summed E-state index contributed by atoms with van der Waals surface area (Å²) in [6.07, 6.45) is 0.968. The number of halogens is 1. The number of ether oxygens (including phenoxy) is 1. The third kappa shape index (κ3) is 1.66. The summed E-state index contributed by atoms with van der Waals surface area (Å²) in [6.45, 7) is 0.658. The van der Waals surface area contributed by atoms with Gasteiger partial charge in [-0.2, -0.15) is 0 Å². The number of nitrogens with zero attached hydrogens (tertiary/aromatic N) is 1. The van der Waals surface area contributed by atoms with Gasteiger partial charge >= 0.3 is 0 Å². The maximum absolute atomic E-state index is 6.08. The molecule has 1 aliphatic heterocycles. The molecule has 3 nitrogen and oxygen atoms in total. The molecule has 0 saturated heterocycles. The summed E-state index contributed by atoms with van der Waals surface area (Å²) < 4.78 is 5.19. The number of likely N-dealkylation sites (N-methyl/N-ethyl adjacent to an activating group) is 1. The molecule has 0 aliphatic carbocycles. The molecular formula is C11H15ClN2O. The Bertz CT molecular complexity index is 381. The molecule has 0 saturated carbocycles. The van der Waals surface area contributed by atoms with Crippen LogP contribution in [0.4, 0.5) is 5.69 Å². The van der Waals surface area contributed by atoms with Crippen LogP contribution >= 0.6 is 11.6 Å². The molecule has 15 heavy (non-hydrogen) atoms. The smallest absolute Gasteiger partial charge is 0.137 e. The molecule has 2 rings (SSSR count). The van der Waals surface area contributed by atoms with Crippen LogP contribution in [0.3, 0.4) is 0 Å². The van der Waals surface area contributed by atoms with Gasteiger partial charge in [0.25, 0.3) is 0 Å². The minimum Gasteiger partial charge on any atom is -0.495 e. The standard InChI is InChI=1S/C11H15ClN2O/c1-14-8(6-13)3-7-4-11(15-2)9(12)5-10(7)14/h4-5,8H,3,6,13H2,1-2H3. The van der Waals surface area contributed by atoms with Crippen LogP contribution in [0.1, 0.15) is 5.56 Å². The molecular weight excluding hydrogens is 212 g/mol. The minimum atomic E-state index is 0.378. The quantitative estimate of drug-likeness (QED) is 0.834. The number of hydrogen-bond donors (Lipinski definition) is 1. The number of fused-ring (bicyclic) bond motifs is 1. The Morgan fingerprint density at radius 2 is 2.33 bits per heavy atom. The highest BCUT2D eigenvalue weighted by Crippen LogP contribution is 2.38. The normalized spacial score (nSPS) is 19.2. The van der Waals surface area contributed by atoms with Gasteiger partial charge in [0.2, 0.25) is 0 Å². The zero-order valence-corrected chi connectivity index (χ0v) is 9.71. The van der Waals surface area contributed by atoms with Crippen molar-refractivity contribution in [2.75, 3.05) is 25.6 Å². The molecule has 1 aromatic rings. The topological polar surface area (TPSA) is 38.5 Å². The van der Waals surface area contributed by atoms with Crippen molar-refractivity contribution in [2.45, 2.75) is 12.5 Å². The lowest BCUT2D eigenvalue weighted by molar-refractivity contribution is 0.414. The van der Waals surface area contributed by atoms with Crippen molar-refractivity contribution in [3.8, 4) is 5.75 Å². The van der Waals surface area contributed by atoms with Crippen molar-refractivity contribution in [2.24, 2.45) is 5.73 Å². The summed E-state index contributed by atoms with van der Waals surface area (Å²) in [5.41, 5.74) is 8.13. The van der Waals surface area contributed by atoms with Crippen molar-refractivity contribution in [3.63, 3.8) is 0 Å². The molecule has 1 aromatic carbocycles. The van der Waals surface area contributed by atoms with Crippen molar-refractivity contribution in [1.29, 1.82) is 0 Å². The average Bonchev–Trinajstić information content (AvgIpc) is 2.54. The molecule has 0 bridgehead atoms. The first-order chi connectivity index (χ1) is 7.17. The Labute approximate surface area is 94.8 Å². The predicted molar refractivity (Wildman–Crippen MR) is 63.0 cm³/mol. The van der Waals surface area contributed by atoms with E-state index in [0.717, 1.165) is 17.9 Å². The molecule has 82 valence electrons. The molecule has 0 radical (unpaired) electrons. The van der Waals surface area contributed by atoms with Gasteiger partial charge in [0.05, 0.1) is 12.1 Å². The van der Waals surface area contributed by atoms with E-state index in [2.05, 4.69) is 4.90 Å². The van der Waals surface area contributed by atoms with E-state index in [1.807, 2.05) is 19.2 Å². The van der Waals surface area contributed by atoms with Crippen molar-refractivity contribution < 1.29 is 4.74 Å². The van der Waals surface area contributed by atoms with Crippen LogP contribution < -0.4 is 15.4 Å². The number of benzene rings is 1. The van der Waals surface area contributed by atoms with E-state index in [9.17, 15) is 0 Å². The first-order valence-electron chi connectivity index (χ1n) is 4.96. The van der Waals surface area contributed by atoms with Gasteiger partial charge in [0.15, 0.2) is 0 Å². The largest absolute Gasteiger partial charge is 0.495 e. The molecule has 0 fully saturated rings. The average molecular weight is 227 g/mol. The Kier molecular flexibility index (Phi) is 2.76. The van der Waals surface area contributed by atoms with Crippen LogP contribution in [0.15, 0.2) is 12.1 Å². The van der Waals surface area contributed by atoms with Crippen LogP contribution in [0, 0.1) is 0 Å². The summed E-state index contributed by atoms with van der Waals surface area (Å²) >= 11 is 6.08. The van der Waals surface area contributed by atoms with Crippen LogP contribution in [-0.2, 0) is 6.42 Å². The first-order valence-corrected chi connectivity index (χ1v) is 5.34. The van der Waals surface area contributed by atoms with Gasteiger partial charge in [-0.05, 0) is 24.1 Å². The third-order valence-electron chi connectivity index (χ3n) is 3.01. The summed E-state index contributed by atoms with van der Waals surface area (Å²) in [4.78, 5) is 2.18. The van der Waals surface area contributed by atoms with Gasteiger partial charge in [-0.1, -0.05) is 11.6 Å². The second kappa shape index (κ2) is 3.91. The molecule has 1 atom stereocenters. The van der Waals surface area contributed by atoms with E-state index in [4.69, 9.17) is 22.1 Å². The Balaban J connectivity index is 2.42. The second-order valence-corrected chi connectivity index (χ2v) is 4.23. The van der Waals surface area contributed by atoms with Crippen molar-refractivity contribution in [3.05, 3.63) is 22.7 Å². The number of methoxy groups -OCH3 is 1. The van der Waals surface area contributed by atoms with Gasteiger partial charge in [-0.15, -0.1) is 0 Å². The first kappa shape index (κ1) is 10.6. The maximum Gasteiger partial charge on any atom is 0.137 e. The van der Waals surface area contributed by atoms with E-state index in [-0.39, 0.29) is 0 Å². The van der Waals surface area contributed by atoms with Gasteiger partial charge in [0.1, 0.15) is 5.75 Å². The van der Waals surface area contributed by atoms with Gasteiger partial charge in [0, 0.05) is 25.3 Å². The molecule has 1 aliphatic rings. The lowest BCUT2D eigenvalue weighted by Crippen LogP contribution is -2.34. The van der Waals surface area contributed by atoms with Crippen molar-refractivity contribution >= 4 is 17.3 Å². The van der Waals surface area contributed by atoms with E-state index in [1.54, 1.807) is 7.11 Å². The molecule has 0 spiro atoms. The highest BCUT2D eigenvalue weighted by atomic mass is 35.5. The van der Waals surface area contributed by atoms with Crippen LogP contribution in [0.5, 0.6) is 5.75 Å². The van der Waals surface area contributed by atoms with Crippen LogP contribution in [-0.4, -0.2) is 26.7 Å². The monoisotopic (exact) mass is 226 g/mol. The summed E-state index contributed by atoms with van der Waals surface area (Å²) in [5.74, 6) is 0.737. The Hall–Kier alpha value is -0.930. The molecule has 0 amide bonds. The lowest BCUT2D eigenvalue weighted by Gasteiger charge is -2.20. The van der Waals surface area contributed by atoms with E-state index >= 15 is 0 Å². The van der Waals surface area contributed by atoms with Gasteiger partial charge in [-0.25, -0.2) is 0 Å². The second-order valence-electron chi connectivity index (χ2n) is 3.82. The Morgan fingerprint density at radius 3 is 2.93 bits per heavy atom. The third-order valence-corrected chi connectivity index (χ3v) is 3.30. The Morgan fingerprint density at radius 1 is 1.60 bits per heavy atom. The highest BCUT2D eigenvalue weighted by Gasteiger charge is 2.26. The fourth-order valence-corrected chi connectivity index (χ4v) is 2.30. The predicted octanol–water partition coefficient (Wildman–Crippen LogP) is 1.67. The highest BCUT2D eigenvalue weighted by molar-refractivity contribution is 6.32. The zero-order chi connectivity index (χ0) is 11.0. The fraction of sp³-hybridized carbons (Fsp3) is 0.455. The van der Waals surface area contributed by atoms with Crippen molar-refractivity contribution in [1.82, 2.24) is 0 Å².